The fraction of sp³-hybridized carbons (Fsp3) is 0.188. The van der Waals surface area contributed by atoms with Crippen LogP contribution in [-0.2, 0) is 0 Å². The minimum Gasteiger partial charge on any atom is -0.492 e. The molecule has 0 saturated heterocycles. The van der Waals surface area contributed by atoms with E-state index in [9.17, 15) is 9.18 Å². The summed E-state index contributed by atoms with van der Waals surface area (Å²) >= 11 is 0. The van der Waals surface area contributed by atoms with Gasteiger partial charge < -0.3 is 15.8 Å². The number of nitrogens with two attached hydrogens (primary N) is 1. The van der Waals surface area contributed by atoms with Crippen molar-refractivity contribution in [3.63, 3.8) is 0 Å². The van der Waals surface area contributed by atoms with Crippen LogP contribution in [0.25, 0.3) is 0 Å². The predicted octanol–water partition coefficient (Wildman–Crippen LogP) is 2.72. The minimum absolute atomic E-state index is 0.279. The number of carbonyl (C=O) groups excluding carboxylic acids is 1. The van der Waals surface area contributed by atoms with E-state index in [1.54, 1.807) is 43.3 Å². The summed E-state index contributed by atoms with van der Waals surface area (Å²) in [7, 11) is 0. The SMILES string of the molecule is Cc1ccc(C(=O)Nc2ccc(OCCN)cc2)cc1F. The number of halogens is 1. The van der Waals surface area contributed by atoms with E-state index in [4.69, 9.17) is 10.5 Å². The highest BCUT2D eigenvalue weighted by atomic mass is 19.1. The number of nitrogens with one attached hydrogen (secondary N) is 1. The number of benzene rings is 2. The van der Waals surface area contributed by atoms with Crippen molar-refractivity contribution in [2.75, 3.05) is 18.5 Å². The molecule has 0 radical (unpaired) electrons. The molecule has 110 valence electrons. The summed E-state index contributed by atoms with van der Waals surface area (Å²) in [5.74, 6) is -0.0717. The van der Waals surface area contributed by atoms with Crippen LogP contribution in [0.4, 0.5) is 10.1 Å². The largest absolute Gasteiger partial charge is 0.492 e. The Balaban J connectivity index is 2.03. The van der Waals surface area contributed by atoms with E-state index < -0.39 is 5.82 Å². The zero-order valence-electron chi connectivity index (χ0n) is 11.7. The van der Waals surface area contributed by atoms with Crippen molar-refractivity contribution in [1.29, 1.82) is 0 Å². The predicted molar refractivity (Wildman–Crippen MR) is 80.1 cm³/mol. The Kier molecular flexibility index (Phi) is 4.90. The van der Waals surface area contributed by atoms with Crippen molar-refractivity contribution >= 4 is 11.6 Å². The monoisotopic (exact) mass is 288 g/mol. The maximum Gasteiger partial charge on any atom is 0.255 e. The molecule has 0 spiro atoms. The second-order valence-electron chi connectivity index (χ2n) is 4.58. The van der Waals surface area contributed by atoms with E-state index in [0.717, 1.165) is 0 Å². The highest BCUT2D eigenvalue weighted by molar-refractivity contribution is 6.04. The van der Waals surface area contributed by atoms with Crippen LogP contribution >= 0.6 is 0 Å². The molecule has 4 nitrogen and oxygen atoms in total. The second-order valence-corrected chi connectivity index (χ2v) is 4.58. The van der Waals surface area contributed by atoms with Gasteiger partial charge in [-0.25, -0.2) is 4.39 Å². The summed E-state index contributed by atoms with van der Waals surface area (Å²) < 4.78 is 18.8. The topological polar surface area (TPSA) is 64.3 Å². The Morgan fingerprint density at radius 2 is 1.95 bits per heavy atom. The Hall–Kier alpha value is -2.40. The van der Waals surface area contributed by atoms with Gasteiger partial charge in [0.15, 0.2) is 0 Å². The molecule has 3 N–H and O–H groups in total. The van der Waals surface area contributed by atoms with Gasteiger partial charge in [0, 0.05) is 17.8 Å². The Morgan fingerprint density at radius 1 is 1.24 bits per heavy atom. The first-order chi connectivity index (χ1) is 10.1. The molecule has 0 unspecified atom stereocenters. The van der Waals surface area contributed by atoms with Crippen LogP contribution in [0.5, 0.6) is 5.75 Å². The lowest BCUT2D eigenvalue weighted by Gasteiger charge is -2.08. The molecule has 0 saturated carbocycles. The highest BCUT2D eigenvalue weighted by Gasteiger charge is 2.08. The Bertz CT molecular complexity index is 627. The van der Waals surface area contributed by atoms with Crippen molar-refractivity contribution in [2.45, 2.75) is 6.92 Å². The van der Waals surface area contributed by atoms with Crippen LogP contribution in [0, 0.1) is 12.7 Å². The van der Waals surface area contributed by atoms with Gasteiger partial charge in [-0.15, -0.1) is 0 Å². The Morgan fingerprint density at radius 3 is 2.57 bits per heavy atom. The summed E-state index contributed by atoms with van der Waals surface area (Å²) in [6.07, 6.45) is 0. The number of rotatable bonds is 5. The van der Waals surface area contributed by atoms with Gasteiger partial charge in [-0.3, -0.25) is 4.79 Å². The van der Waals surface area contributed by atoms with Crippen molar-refractivity contribution in [3.8, 4) is 5.75 Å². The highest BCUT2D eigenvalue weighted by Crippen LogP contribution is 2.17. The molecule has 0 heterocycles. The second kappa shape index (κ2) is 6.85. The van der Waals surface area contributed by atoms with Gasteiger partial charge >= 0.3 is 0 Å². The van der Waals surface area contributed by atoms with Gasteiger partial charge in [0.05, 0.1) is 0 Å². The lowest BCUT2D eigenvalue weighted by atomic mass is 10.1. The first kappa shape index (κ1) is 15.0. The molecule has 0 fully saturated rings. The van der Waals surface area contributed by atoms with Crippen molar-refractivity contribution in [1.82, 2.24) is 0 Å². The molecule has 2 rings (SSSR count). The average Bonchev–Trinajstić information content (AvgIpc) is 2.49. The quantitative estimate of drug-likeness (QED) is 0.889. The Labute approximate surface area is 122 Å². The zero-order chi connectivity index (χ0) is 15.2. The van der Waals surface area contributed by atoms with Gasteiger partial charge in [-0.2, -0.15) is 0 Å². The van der Waals surface area contributed by atoms with Crippen molar-refractivity contribution < 1.29 is 13.9 Å². The van der Waals surface area contributed by atoms with Gasteiger partial charge in [-0.1, -0.05) is 6.07 Å². The van der Waals surface area contributed by atoms with Crippen LogP contribution in [-0.4, -0.2) is 19.1 Å². The van der Waals surface area contributed by atoms with E-state index in [1.807, 2.05) is 0 Å². The van der Waals surface area contributed by atoms with Crippen molar-refractivity contribution in [2.24, 2.45) is 5.73 Å². The average molecular weight is 288 g/mol. The molecule has 21 heavy (non-hydrogen) atoms. The summed E-state index contributed by atoms with van der Waals surface area (Å²) in [4.78, 5) is 12.0. The molecule has 0 atom stereocenters. The lowest BCUT2D eigenvalue weighted by Crippen LogP contribution is -2.12. The number of ether oxygens (including phenoxy) is 1. The molecule has 2 aromatic carbocycles. The van der Waals surface area contributed by atoms with Gasteiger partial charge in [0.25, 0.3) is 5.91 Å². The van der Waals surface area contributed by atoms with E-state index in [-0.39, 0.29) is 11.5 Å². The number of carbonyl (C=O) groups is 1. The minimum atomic E-state index is -0.395. The number of hydrogen-bond acceptors (Lipinski definition) is 3. The maximum absolute atomic E-state index is 13.4. The standard InChI is InChI=1S/C16H17FN2O2/c1-11-2-3-12(10-15(11)17)16(20)19-13-4-6-14(7-5-13)21-9-8-18/h2-7,10H,8-9,18H2,1H3,(H,19,20). The van der Waals surface area contributed by atoms with Gasteiger partial charge in [0.1, 0.15) is 18.2 Å². The summed E-state index contributed by atoms with van der Waals surface area (Å²) in [6, 6.07) is 11.3. The zero-order valence-corrected chi connectivity index (χ0v) is 11.7. The molecular formula is C16H17FN2O2. The first-order valence-electron chi connectivity index (χ1n) is 6.60. The molecule has 0 aliphatic heterocycles. The van der Waals surface area contributed by atoms with Crippen LogP contribution in [0.2, 0.25) is 0 Å². The first-order valence-corrected chi connectivity index (χ1v) is 6.60. The van der Waals surface area contributed by atoms with Gasteiger partial charge in [-0.05, 0) is 48.9 Å². The number of hydrogen-bond donors (Lipinski definition) is 2. The van der Waals surface area contributed by atoms with Crippen LogP contribution < -0.4 is 15.8 Å². The van der Waals surface area contributed by atoms with E-state index in [0.29, 0.717) is 30.2 Å². The molecule has 0 bridgehead atoms. The summed E-state index contributed by atoms with van der Waals surface area (Å²) in [5, 5.41) is 2.70. The van der Waals surface area contributed by atoms with Crippen LogP contribution in [0.15, 0.2) is 42.5 Å². The van der Waals surface area contributed by atoms with E-state index >= 15 is 0 Å². The normalized spacial score (nSPS) is 10.2. The van der Waals surface area contributed by atoms with E-state index in [2.05, 4.69) is 5.32 Å². The third-order valence-corrected chi connectivity index (χ3v) is 2.93. The fourth-order valence-electron chi connectivity index (χ4n) is 1.75. The summed E-state index contributed by atoms with van der Waals surface area (Å²) in [5.41, 5.74) is 6.75. The fourth-order valence-corrected chi connectivity index (χ4v) is 1.75. The lowest BCUT2D eigenvalue weighted by molar-refractivity contribution is 0.102. The van der Waals surface area contributed by atoms with Gasteiger partial charge in [0.2, 0.25) is 0 Å². The number of anilines is 1. The smallest absolute Gasteiger partial charge is 0.255 e. The molecule has 2 aromatic rings. The molecule has 0 aromatic heterocycles. The van der Waals surface area contributed by atoms with Crippen LogP contribution in [0.1, 0.15) is 15.9 Å². The maximum atomic E-state index is 13.4. The third kappa shape index (κ3) is 4.03. The van der Waals surface area contributed by atoms with Crippen LogP contribution in [0.3, 0.4) is 0 Å². The molecule has 1 amide bonds. The summed E-state index contributed by atoms with van der Waals surface area (Å²) in [6.45, 7) is 2.53. The van der Waals surface area contributed by atoms with E-state index in [1.165, 1.54) is 6.07 Å². The molecular weight excluding hydrogens is 271 g/mol. The number of amides is 1. The molecule has 0 aliphatic rings. The third-order valence-electron chi connectivity index (χ3n) is 2.93. The molecule has 5 heteroatoms. The van der Waals surface area contributed by atoms with Crippen molar-refractivity contribution in [3.05, 3.63) is 59.4 Å². The molecule has 0 aliphatic carbocycles. The number of aryl methyl sites for hydroxylation is 1.